The van der Waals surface area contributed by atoms with Crippen LogP contribution in [-0.4, -0.2) is 51.1 Å². The molecular weight excluding hydrogens is 481 g/mol. The molecule has 2 aliphatic heterocycles. The van der Waals surface area contributed by atoms with Gasteiger partial charge in [0.1, 0.15) is 12.5 Å². The summed E-state index contributed by atoms with van der Waals surface area (Å²) in [6, 6.07) is 19.7. The summed E-state index contributed by atoms with van der Waals surface area (Å²) < 4.78 is 13.6. The quantitative estimate of drug-likeness (QED) is 0.367. The number of rotatable bonds is 8. The second kappa shape index (κ2) is 10.7. The third kappa shape index (κ3) is 5.29. The number of aliphatic hydroxyl groups excluding tert-OH is 1. The molecule has 0 fully saturated rings. The van der Waals surface area contributed by atoms with Crippen molar-refractivity contribution in [3.05, 3.63) is 101 Å². The minimum Gasteiger partial charge on any atom is -0.396 e. The van der Waals surface area contributed by atoms with E-state index >= 15 is 0 Å². The van der Waals surface area contributed by atoms with E-state index in [2.05, 4.69) is 60.9 Å². The van der Waals surface area contributed by atoms with Crippen molar-refractivity contribution in [2.24, 2.45) is 4.99 Å². The Balaban J connectivity index is 1.15. The molecule has 2 N–H and O–H groups in total. The van der Waals surface area contributed by atoms with Crippen LogP contribution in [0, 0.1) is 5.82 Å². The Morgan fingerprint density at radius 1 is 1.03 bits per heavy atom. The van der Waals surface area contributed by atoms with Crippen molar-refractivity contribution in [1.82, 2.24) is 20.0 Å². The van der Waals surface area contributed by atoms with Gasteiger partial charge in [-0.15, -0.1) is 5.10 Å². The first kappa shape index (κ1) is 24.3. The van der Waals surface area contributed by atoms with Gasteiger partial charge in [0.25, 0.3) is 0 Å². The van der Waals surface area contributed by atoms with Crippen LogP contribution in [0.3, 0.4) is 0 Å². The molecule has 1 aromatic heterocycles. The number of aliphatic imine (C=N–C) groups is 1. The molecule has 8 nitrogen and oxygen atoms in total. The van der Waals surface area contributed by atoms with Crippen LogP contribution < -0.4 is 10.3 Å². The Morgan fingerprint density at radius 3 is 2.87 bits per heavy atom. The predicted octanol–water partition coefficient (Wildman–Crippen LogP) is 4.30. The van der Waals surface area contributed by atoms with Crippen LogP contribution in [0.5, 0.6) is 0 Å². The molecule has 0 atom stereocenters. The largest absolute Gasteiger partial charge is 0.396 e. The van der Waals surface area contributed by atoms with Gasteiger partial charge in [-0.2, -0.15) is 4.79 Å². The Bertz CT molecular complexity index is 1470. The zero-order valence-electron chi connectivity index (χ0n) is 21.1. The summed E-state index contributed by atoms with van der Waals surface area (Å²) in [5.74, 6) is -0.182. The van der Waals surface area contributed by atoms with E-state index in [1.165, 1.54) is 17.2 Å². The van der Waals surface area contributed by atoms with Crippen LogP contribution in [0.15, 0.2) is 71.9 Å². The van der Waals surface area contributed by atoms with E-state index in [4.69, 9.17) is 5.11 Å². The maximum absolute atomic E-state index is 13.6. The summed E-state index contributed by atoms with van der Waals surface area (Å²) in [6.45, 7) is 3.27. The normalized spacial score (nSPS) is 14.8. The average molecular weight is 512 g/mol. The van der Waals surface area contributed by atoms with Gasteiger partial charge in [-0.3, -0.25) is 15.3 Å². The van der Waals surface area contributed by atoms with Crippen molar-refractivity contribution < 1.29 is 9.50 Å². The first-order chi connectivity index (χ1) is 18.6. The highest BCUT2D eigenvalue weighted by Gasteiger charge is 2.21. The molecule has 0 radical (unpaired) electrons. The van der Waals surface area contributed by atoms with Gasteiger partial charge in [0, 0.05) is 43.7 Å². The molecule has 3 heterocycles. The van der Waals surface area contributed by atoms with Crippen LogP contribution >= 0.6 is 0 Å². The summed E-state index contributed by atoms with van der Waals surface area (Å²) in [7, 11) is 0. The maximum Gasteiger partial charge on any atom is 0.123 e. The Labute approximate surface area is 221 Å². The summed E-state index contributed by atoms with van der Waals surface area (Å²) in [5, 5.41) is 17.3. The number of halogens is 1. The summed E-state index contributed by atoms with van der Waals surface area (Å²) >= 11 is 0. The lowest BCUT2D eigenvalue weighted by molar-refractivity contribution is 0.245. The molecule has 6 rings (SSSR count). The fourth-order valence-corrected chi connectivity index (χ4v) is 5.15. The summed E-state index contributed by atoms with van der Waals surface area (Å²) in [6.07, 6.45) is 6.06. The molecule has 4 aromatic rings. The van der Waals surface area contributed by atoms with E-state index in [0.717, 1.165) is 59.9 Å². The van der Waals surface area contributed by atoms with Gasteiger partial charge in [-0.1, -0.05) is 18.2 Å². The van der Waals surface area contributed by atoms with Crippen LogP contribution in [0.2, 0.25) is 0 Å². The smallest absolute Gasteiger partial charge is 0.123 e. The number of aryl methyl sites for hydroxylation is 1. The lowest BCUT2D eigenvalue weighted by atomic mass is 9.98. The Morgan fingerprint density at radius 2 is 1.97 bits per heavy atom. The number of benzene rings is 3. The monoisotopic (exact) mass is 511 g/mol. The standard InChI is InChI=1S/C29H30FN7O/c30-25-4-1-3-21(13-25)17-35-11-10-22-15-28(8-6-23(22)18-35)36-20-31-16-24-14-26(7-9-29(24)36)33-37-19-27(32-34-37)5-2-12-38/h1,3-4,6-9,13-16,19,33,38H,2,5,10-12,17-18,20H2. The van der Waals surface area contributed by atoms with Crippen LogP contribution in [-0.2, 0) is 25.9 Å². The van der Waals surface area contributed by atoms with Crippen LogP contribution in [0.1, 0.15) is 34.4 Å². The van der Waals surface area contributed by atoms with E-state index < -0.39 is 0 Å². The molecule has 3 aromatic carbocycles. The third-order valence-electron chi connectivity index (χ3n) is 7.04. The van der Waals surface area contributed by atoms with E-state index in [1.807, 2.05) is 24.5 Å². The predicted molar refractivity (Wildman–Crippen MR) is 146 cm³/mol. The van der Waals surface area contributed by atoms with Gasteiger partial charge in [-0.25, -0.2) is 4.39 Å². The molecular formula is C29H30FN7O. The van der Waals surface area contributed by atoms with E-state index in [-0.39, 0.29) is 12.4 Å². The van der Waals surface area contributed by atoms with Gasteiger partial charge in [0.2, 0.25) is 0 Å². The number of nitrogens with zero attached hydrogens (tertiary/aromatic N) is 6. The number of aromatic nitrogens is 3. The van der Waals surface area contributed by atoms with Gasteiger partial charge in [0.05, 0.1) is 23.3 Å². The van der Waals surface area contributed by atoms with Crippen molar-refractivity contribution in [1.29, 1.82) is 0 Å². The fourth-order valence-electron chi connectivity index (χ4n) is 5.15. The molecule has 0 bridgehead atoms. The lowest BCUT2D eigenvalue weighted by Gasteiger charge is -2.32. The molecule has 0 amide bonds. The number of aliphatic hydroxyl groups is 1. The molecule has 0 aliphatic carbocycles. The van der Waals surface area contributed by atoms with Gasteiger partial charge in [0.15, 0.2) is 0 Å². The second-order valence-corrected chi connectivity index (χ2v) is 9.79. The molecule has 2 aliphatic rings. The molecule has 9 heteroatoms. The van der Waals surface area contributed by atoms with Crippen LogP contribution in [0.4, 0.5) is 21.5 Å². The molecule has 38 heavy (non-hydrogen) atoms. The zero-order valence-corrected chi connectivity index (χ0v) is 21.1. The number of anilines is 3. The molecule has 0 unspecified atom stereocenters. The molecule has 0 saturated heterocycles. The number of nitrogens with one attached hydrogen (secondary N) is 1. The van der Waals surface area contributed by atoms with Crippen molar-refractivity contribution in [2.75, 3.05) is 30.1 Å². The maximum atomic E-state index is 13.6. The topological polar surface area (TPSA) is 81.8 Å². The number of fused-ring (bicyclic) bond motifs is 2. The van der Waals surface area contributed by atoms with Crippen molar-refractivity contribution in [2.45, 2.75) is 32.4 Å². The van der Waals surface area contributed by atoms with Crippen LogP contribution in [0.25, 0.3) is 0 Å². The highest BCUT2D eigenvalue weighted by atomic mass is 19.1. The second-order valence-electron chi connectivity index (χ2n) is 9.79. The van der Waals surface area contributed by atoms with Crippen molar-refractivity contribution in [3.63, 3.8) is 0 Å². The number of hydrogen-bond donors (Lipinski definition) is 2. The summed E-state index contributed by atoms with van der Waals surface area (Å²) in [5.41, 5.74) is 11.9. The number of hydrogen-bond acceptors (Lipinski definition) is 7. The average Bonchev–Trinajstić information content (AvgIpc) is 3.38. The Kier molecular flexibility index (Phi) is 6.85. The molecule has 0 saturated carbocycles. The highest BCUT2D eigenvalue weighted by molar-refractivity contribution is 5.93. The minimum atomic E-state index is -0.182. The third-order valence-corrected chi connectivity index (χ3v) is 7.04. The van der Waals surface area contributed by atoms with E-state index in [9.17, 15) is 4.39 Å². The van der Waals surface area contributed by atoms with E-state index in [1.54, 1.807) is 16.9 Å². The molecule has 0 spiro atoms. The zero-order chi connectivity index (χ0) is 25.9. The van der Waals surface area contributed by atoms with Gasteiger partial charge >= 0.3 is 0 Å². The first-order valence-corrected chi connectivity index (χ1v) is 12.9. The summed E-state index contributed by atoms with van der Waals surface area (Å²) in [4.78, 5) is 10.8. The molecule has 194 valence electrons. The SMILES string of the molecule is OCCCc1cn(Nc2ccc3c(c2)C=NCN3c2ccc3c(c2)CCN(Cc2cccc(F)c2)C3)nn1. The van der Waals surface area contributed by atoms with Gasteiger partial charge < -0.3 is 10.0 Å². The Hall–Kier alpha value is -4.08. The van der Waals surface area contributed by atoms with Crippen molar-refractivity contribution >= 4 is 23.3 Å². The van der Waals surface area contributed by atoms with E-state index in [0.29, 0.717) is 19.5 Å². The fraction of sp³-hybridized carbons (Fsp3) is 0.276. The van der Waals surface area contributed by atoms with Gasteiger partial charge in [-0.05, 0) is 83.6 Å². The highest BCUT2D eigenvalue weighted by Crippen LogP contribution is 2.34. The first-order valence-electron chi connectivity index (χ1n) is 12.9. The lowest BCUT2D eigenvalue weighted by Crippen LogP contribution is -2.30. The minimum absolute atomic E-state index is 0.139. The van der Waals surface area contributed by atoms with Crippen molar-refractivity contribution in [3.8, 4) is 0 Å².